The number of carbonyl (C=O) groups is 2. The van der Waals surface area contributed by atoms with Gasteiger partial charge in [0.15, 0.2) is 5.11 Å². The molecule has 4 bridgehead atoms. The molecule has 4 saturated carbocycles. The molecule has 0 spiro atoms. The van der Waals surface area contributed by atoms with Gasteiger partial charge in [0, 0.05) is 18.8 Å². The molecule has 4 aliphatic carbocycles. The molecule has 6 rings (SSSR count). The SMILES string of the molecule is CCCOc1ccc(NC(=O)C[C@@H]2C(=O)N(CC)C(=S)N2CCC23CC4CC(CC(C4)C2)C3)cc1. The Morgan fingerprint density at radius 1 is 1.09 bits per heavy atom. The lowest BCUT2D eigenvalue weighted by molar-refractivity contribution is -0.130. The van der Waals surface area contributed by atoms with E-state index in [0.717, 1.165) is 42.9 Å². The van der Waals surface area contributed by atoms with Crippen LogP contribution in [0, 0.1) is 23.2 Å². The Hall–Kier alpha value is -2.15. The zero-order chi connectivity index (χ0) is 24.6. The third-order valence-corrected chi connectivity index (χ3v) is 9.21. The van der Waals surface area contributed by atoms with E-state index in [2.05, 4.69) is 17.1 Å². The summed E-state index contributed by atoms with van der Waals surface area (Å²) in [5.74, 6) is 3.30. The molecule has 0 unspecified atom stereocenters. The van der Waals surface area contributed by atoms with Gasteiger partial charge in [0.2, 0.25) is 5.91 Å². The van der Waals surface area contributed by atoms with Crippen molar-refractivity contribution >= 4 is 34.8 Å². The van der Waals surface area contributed by atoms with Crippen LogP contribution in [0.4, 0.5) is 5.69 Å². The van der Waals surface area contributed by atoms with Gasteiger partial charge in [0.05, 0.1) is 13.0 Å². The first-order valence-corrected chi connectivity index (χ1v) is 13.9. The monoisotopic (exact) mass is 497 g/mol. The molecule has 6 nitrogen and oxygen atoms in total. The summed E-state index contributed by atoms with van der Waals surface area (Å²) in [6.07, 6.45) is 10.5. The second-order valence-electron chi connectivity index (χ2n) is 11.4. The normalized spacial score (nSPS) is 31.4. The fraction of sp³-hybridized carbons (Fsp3) is 0.679. The van der Waals surface area contributed by atoms with E-state index in [0.29, 0.717) is 29.4 Å². The van der Waals surface area contributed by atoms with E-state index < -0.39 is 6.04 Å². The largest absolute Gasteiger partial charge is 0.494 e. The molecule has 0 radical (unpaired) electrons. The molecule has 5 fully saturated rings. The highest BCUT2D eigenvalue weighted by Gasteiger charge is 2.51. The number of rotatable bonds is 10. The first-order chi connectivity index (χ1) is 16.9. The fourth-order valence-electron chi connectivity index (χ4n) is 7.63. The predicted molar refractivity (Wildman–Crippen MR) is 141 cm³/mol. The Balaban J connectivity index is 1.23. The number of likely N-dealkylation sites (N-methyl/N-ethyl adjacent to an activating group) is 1. The van der Waals surface area contributed by atoms with E-state index in [1.807, 2.05) is 31.2 Å². The van der Waals surface area contributed by atoms with Crippen molar-refractivity contribution in [3.63, 3.8) is 0 Å². The number of carbonyl (C=O) groups excluding carboxylic acids is 2. The molecule has 1 saturated heterocycles. The van der Waals surface area contributed by atoms with E-state index in [1.165, 1.54) is 38.5 Å². The molecule has 1 heterocycles. The van der Waals surface area contributed by atoms with Crippen molar-refractivity contribution < 1.29 is 14.3 Å². The average molecular weight is 498 g/mol. The summed E-state index contributed by atoms with van der Waals surface area (Å²) < 4.78 is 5.62. The number of benzene rings is 1. The predicted octanol–water partition coefficient (Wildman–Crippen LogP) is 5.23. The van der Waals surface area contributed by atoms with Gasteiger partial charge in [0.1, 0.15) is 11.8 Å². The molecule has 7 heteroatoms. The molecule has 0 aromatic heterocycles. The number of ether oxygens (including phenoxy) is 1. The number of hydrogen-bond acceptors (Lipinski definition) is 4. The summed E-state index contributed by atoms with van der Waals surface area (Å²) in [4.78, 5) is 29.9. The Morgan fingerprint density at radius 2 is 1.71 bits per heavy atom. The van der Waals surface area contributed by atoms with Gasteiger partial charge in [-0.3, -0.25) is 14.5 Å². The van der Waals surface area contributed by atoms with Gasteiger partial charge < -0.3 is 15.0 Å². The van der Waals surface area contributed by atoms with Crippen LogP contribution >= 0.6 is 12.2 Å². The highest BCUT2D eigenvalue weighted by Crippen LogP contribution is 2.61. The smallest absolute Gasteiger partial charge is 0.252 e. The van der Waals surface area contributed by atoms with Gasteiger partial charge in [-0.25, -0.2) is 0 Å². The number of hydrogen-bond donors (Lipinski definition) is 1. The third-order valence-electron chi connectivity index (χ3n) is 8.76. The van der Waals surface area contributed by atoms with Gasteiger partial charge >= 0.3 is 0 Å². The van der Waals surface area contributed by atoms with Crippen LogP contribution in [0.1, 0.15) is 71.6 Å². The fourth-order valence-corrected chi connectivity index (χ4v) is 8.07. The van der Waals surface area contributed by atoms with E-state index >= 15 is 0 Å². The summed E-state index contributed by atoms with van der Waals surface area (Å²) in [7, 11) is 0. The second-order valence-corrected chi connectivity index (χ2v) is 11.7. The number of nitrogens with one attached hydrogen (secondary N) is 1. The van der Waals surface area contributed by atoms with Crippen LogP contribution in [-0.4, -0.2) is 52.5 Å². The van der Waals surface area contributed by atoms with Gasteiger partial charge in [-0.1, -0.05) is 6.92 Å². The van der Waals surface area contributed by atoms with Crippen molar-refractivity contribution in [2.24, 2.45) is 23.2 Å². The maximum atomic E-state index is 13.2. The lowest BCUT2D eigenvalue weighted by Gasteiger charge is -2.57. The lowest BCUT2D eigenvalue weighted by atomic mass is 9.49. The Morgan fingerprint density at radius 3 is 2.29 bits per heavy atom. The van der Waals surface area contributed by atoms with Crippen LogP contribution in [0.5, 0.6) is 5.75 Å². The van der Waals surface area contributed by atoms with Gasteiger partial charge in [-0.2, -0.15) is 0 Å². The molecule has 1 N–H and O–H groups in total. The topological polar surface area (TPSA) is 61.9 Å². The van der Waals surface area contributed by atoms with Crippen LogP contribution in [0.3, 0.4) is 0 Å². The van der Waals surface area contributed by atoms with Crippen LogP contribution in [0.2, 0.25) is 0 Å². The van der Waals surface area contributed by atoms with E-state index in [1.54, 1.807) is 4.90 Å². The van der Waals surface area contributed by atoms with Crippen LogP contribution in [0.15, 0.2) is 24.3 Å². The second kappa shape index (κ2) is 10.1. The molecule has 1 atom stereocenters. The number of nitrogens with zero attached hydrogens (tertiary/aromatic N) is 2. The minimum absolute atomic E-state index is 0.0403. The van der Waals surface area contributed by atoms with Crippen LogP contribution in [-0.2, 0) is 9.59 Å². The average Bonchev–Trinajstić information content (AvgIpc) is 3.04. The van der Waals surface area contributed by atoms with Crippen molar-refractivity contribution in [3.8, 4) is 5.75 Å². The zero-order valence-electron chi connectivity index (χ0n) is 21.1. The highest BCUT2D eigenvalue weighted by atomic mass is 32.1. The van der Waals surface area contributed by atoms with Gasteiger partial charge in [-0.15, -0.1) is 0 Å². The van der Waals surface area contributed by atoms with Crippen molar-refractivity contribution in [2.75, 3.05) is 25.0 Å². The summed E-state index contributed by atoms with van der Waals surface area (Å²) in [5, 5.41) is 3.55. The highest BCUT2D eigenvalue weighted by molar-refractivity contribution is 7.80. The van der Waals surface area contributed by atoms with Crippen molar-refractivity contribution in [1.82, 2.24) is 9.80 Å². The maximum absolute atomic E-state index is 13.2. The summed E-state index contributed by atoms with van der Waals surface area (Å²) in [6.45, 7) is 6.00. The Bertz CT molecular complexity index is 927. The van der Waals surface area contributed by atoms with E-state index in [9.17, 15) is 9.59 Å². The zero-order valence-corrected chi connectivity index (χ0v) is 21.9. The van der Waals surface area contributed by atoms with Gasteiger partial charge in [-0.05, 0) is 118 Å². The Kier molecular flexibility index (Phi) is 7.06. The molecule has 2 amide bonds. The first kappa shape index (κ1) is 24.5. The number of anilines is 1. The molecular weight excluding hydrogens is 458 g/mol. The summed E-state index contributed by atoms with van der Waals surface area (Å²) in [5.41, 5.74) is 1.13. The van der Waals surface area contributed by atoms with Crippen molar-refractivity contribution in [1.29, 1.82) is 0 Å². The standard InChI is InChI=1S/C28H39N3O3S/c1-3-11-34-23-7-5-22(6-8-23)29-25(32)15-24-26(33)30(4-2)27(35)31(24)10-9-28-16-19-12-20(17-28)14-21(13-19)18-28/h5-8,19-21,24H,3-4,9-18H2,1-2H3,(H,29,32)/t19?,20?,21?,24-,28?/m1/s1. The number of thiocarbonyl (C=S) groups is 1. The first-order valence-electron chi connectivity index (χ1n) is 13.5. The van der Waals surface area contributed by atoms with Crippen LogP contribution < -0.4 is 10.1 Å². The van der Waals surface area contributed by atoms with Gasteiger partial charge in [0.25, 0.3) is 5.91 Å². The molecule has 190 valence electrons. The van der Waals surface area contributed by atoms with E-state index in [4.69, 9.17) is 17.0 Å². The summed E-state index contributed by atoms with van der Waals surface area (Å²) >= 11 is 5.74. The minimum atomic E-state index is -0.511. The molecule has 1 aromatic rings. The minimum Gasteiger partial charge on any atom is -0.494 e. The molecule has 5 aliphatic rings. The lowest BCUT2D eigenvalue weighted by Crippen LogP contribution is -2.48. The molecule has 1 aromatic carbocycles. The van der Waals surface area contributed by atoms with Crippen LogP contribution in [0.25, 0.3) is 0 Å². The quantitative estimate of drug-likeness (QED) is 0.449. The molecule has 35 heavy (non-hydrogen) atoms. The van der Waals surface area contributed by atoms with Crippen molar-refractivity contribution in [2.45, 2.75) is 77.7 Å². The number of amides is 2. The molecule has 1 aliphatic heterocycles. The van der Waals surface area contributed by atoms with Crippen molar-refractivity contribution in [3.05, 3.63) is 24.3 Å². The molecular formula is C28H39N3O3S. The van der Waals surface area contributed by atoms with E-state index in [-0.39, 0.29) is 18.2 Å². The Labute approximate surface area is 214 Å². The third kappa shape index (κ3) is 5.07. The summed E-state index contributed by atoms with van der Waals surface area (Å²) in [6, 6.07) is 6.89. The maximum Gasteiger partial charge on any atom is 0.252 e.